The van der Waals surface area contributed by atoms with E-state index in [0.717, 1.165) is 5.56 Å². The van der Waals surface area contributed by atoms with Crippen molar-refractivity contribution in [1.29, 1.82) is 0 Å². The number of hydrogen-bond acceptors (Lipinski definition) is 7. The number of esters is 1. The van der Waals surface area contributed by atoms with Crippen molar-refractivity contribution < 1.29 is 33.5 Å². The molecule has 0 radical (unpaired) electrons. The van der Waals surface area contributed by atoms with Crippen molar-refractivity contribution in [3.05, 3.63) is 41.1 Å². The van der Waals surface area contributed by atoms with Gasteiger partial charge in [0, 0.05) is 31.5 Å². The molecule has 11 heteroatoms. The van der Waals surface area contributed by atoms with Gasteiger partial charge in [0.25, 0.3) is 5.91 Å². The molecule has 39 heavy (non-hydrogen) atoms. The molecule has 0 bridgehead atoms. The first kappa shape index (κ1) is 33.0. The molecular formula is C28H40N4O7. The zero-order chi connectivity index (χ0) is 29.4. The van der Waals surface area contributed by atoms with Crippen molar-refractivity contribution in [2.45, 2.75) is 73.3 Å². The van der Waals surface area contributed by atoms with Crippen LogP contribution in [-0.2, 0) is 40.1 Å². The fraction of sp³-hybridized carbons (Fsp3) is 0.500. The van der Waals surface area contributed by atoms with Gasteiger partial charge < -0.3 is 20.7 Å². The van der Waals surface area contributed by atoms with Crippen LogP contribution in [0.2, 0.25) is 0 Å². The van der Waals surface area contributed by atoms with Crippen LogP contribution in [-0.4, -0.2) is 54.0 Å². The quantitative estimate of drug-likeness (QED) is 0.125. The van der Waals surface area contributed by atoms with Crippen molar-refractivity contribution in [2.75, 3.05) is 18.4 Å². The van der Waals surface area contributed by atoms with Crippen molar-refractivity contribution in [1.82, 2.24) is 15.5 Å². The van der Waals surface area contributed by atoms with E-state index in [1.165, 1.54) is 11.8 Å². The van der Waals surface area contributed by atoms with E-state index in [2.05, 4.69) is 16.0 Å². The highest BCUT2D eigenvalue weighted by Gasteiger charge is 2.18. The van der Waals surface area contributed by atoms with E-state index in [0.29, 0.717) is 49.9 Å². The fourth-order valence-electron chi connectivity index (χ4n) is 3.35. The molecular weight excluding hydrogens is 504 g/mol. The zero-order valence-corrected chi connectivity index (χ0v) is 23.4. The molecule has 0 fully saturated rings. The van der Waals surface area contributed by atoms with Crippen molar-refractivity contribution in [2.24, 2.45) is 5.92 Å². The lowest BCUT2D eigenvalue weighted by atomic mass is 10.1. The molecule has 214 valence electrons. The summed E-state index contributed by atoms with van der Waals surface area (Å²) < 4.78 is 4.91. The number of carbonyl (C=O) groups is 6. The highest BCUT2D eigenvalue weighted by Crippen LogP contribution is 2.11. The molecule has 1 aromatic carbocycles. The van der Waals surface area contributed by atoms with Gasteiger partial charge in [0.05, 0.1) is 6.54 Å². The number of imide groups is 1. The first-order chi connectivity index (χ1) is 18.5. The van der Waals surface area contributed by atoms with E-state index in [9.17, 15) is 28.8 Å². The molecule has 1 unspecified atom stereocenters. The van der Waals surface area contributed by atoms with Crippen LogP contribution in [0.25, 0.3) is 0 Å². The molecule has 0 aliphatic carbocycles. The molecule has 0 aliphatic rings. The van der Waals surface area contributed by atoms with E-state index in [4.69, 9.17) is 4.74 Å². The second-order valence-electron chi connectivity index (χ2n) is 9.39. The molecule has 11 nitrogen and oxygen atoms in total. The zero-order valence-electron chi connectivity index (χ0n) is 23.4. The van der Waals surface area contributed by atoms with Gasteiger partial charge in [0.1, 0.15) is 12.3 Å². The third kappa shape index (κ3) is 12.9. The summed E-state index contributed by atoms with van der Waals surface area (Å²) in [5, 5.41) is 7.76. The van der Waals surface area contributed by atoms with Crippen molar-refractivity contribution in [3.63, 3.8) is 0 Å². The first-order valence-corrected chi connectivity index (χ1v) is 13.0. The molecule has 0 saturated heterocycles. The Hall–Kier alpha value is -4.02. The van der Waals surface area contributed by atoms with Crippen molar-refractivity contribution >= 4 is 41.7 Å². The molecule has 3 N–H and O–H groups in total. The Morgan fingerprint density at radius 2 is 1.64 bits per heavy atom. The highest BCUT2D eigenvalue weighted by molar-refractivity contribution is 6.01. The predicted octanol–water partition coefficient (Wildman–Crippen LogP) is 2.81. The standard InChI is InChI=1S/C28H40N4O7/c1-6-20(4)28(38)32(18-33)15-9-7-8-10-24(35)31-26(19(2)3)27(37)29-16-25(36)30-23-13-11-22(12-14-23)17-39-21(5)34/h11-14,18,20H,6-10,15-17H2,1-5H3,(H,29,37)(H,30,36)(H,31,35). The number of anilines is 1. The molecule has 0 spiro atoms. The lowest BCUT2D eigenvalue weighted by Gasteiger charge is -2.18. The van der Waals surface area contributed by atoms with Crippen molar-refractivity contribution in [3.8, 4) is 0 Å². The van der Waals surface area contributed by atoms with Crippen LogP contribution in [0.3, 0.4) is 0 Å². The number of ether oxygens (including phenoxy) is 1. The van der Waals surface area contributed by atoms with Crippen LogP contribution in [0, 0.1) is 5.92 Å². The largest absolute Gasteiger partial charge is 0.461 e. The molecule has 1 rings (SSSR count). The van der Waals surface area contributed by atoms with Crippen LogP contribution in [0.1, 0.15) is 72.3 Å². The topological polar surface area (TPSA) is 151 Å². The molecule has 0 saturated carbocycles. The van der Waals surface area contributed by atoms with Gasteiger partial charge >= 0.3 is 5.97 Å². The summed E-state index contributed by atoms with van der Waals surface area (Å²) in [4.78, 5) is 72.6. The SMILES string of the molecule is CCC(C)C(=O)N(C=O)CCCCCC(=O)NC(C(=O)NCC(=O)Nc1ccc(COC(C)=O)cc1)=C(C)C. The molecule has 0 aliphatic heterocycles. The number of amides is 5. The third-order valence-corrected chi connectivity index (χ3v) is 5.83. The van der Waals surface area contributed by atoms with Crippen LogP contribution in [0.4, 0.5) is 5.69 Å². The minimum absolute atomic E-state index is 0.0777. The van der Waals surface area contributed by atoms with E-state index in [1.807, 2.05) is 6.92 Å². The van der Waals surface area contributed by atoms with E-state index < -0.39 is 11.8 Å². The van der Waals surface area contributed by atoms with Gasteiger partial charge in [-0.05, 0) is 56.4 Å². The Bertz CT molecular complexity index is 1050. The number of nitrogens with one attached hydrogen (secondary N) is 3. The smallest absolute Gasteiger partial charge is 0.302 e. The van der Waals surface area contributed by atoms with Crippen LogP contribution in [0.5, 0.6) is 0 Å². The normalized spacial score (nSPS) is 11.0. The molecule has 1 atom stereocenters. The molecule has 0 aromatic heterocycles. The highest BCUT2D eigenvalue weighted by atomic mass is 16.5. The number of nitrogens with zero attached hydrogens (tertiary/aromatic N) is 1. The summed E-state index contributed by atoms with van der Waals surface area (Å²) >= 11 is 0. The second kappa shape index (κ2) is 17.5. The minimum Gasteiger partial charge on any atom is -0.461 e. The maximum Gasteiger partial charge on any atom is 0.302 e. The summed E-state index contributed by atoms with van der Waals surface area (Å²) in [6.07, 6.45) is 3.10. The number of rotatable bonds is 16. The van der Waals surface area contributed by atoms with Gasteiger partial charge in [-0.2, -0.15) is 0 Å². The first-order valence-electron chi connectivity index (χ1n) is 13.0. The summed E-state index contributed by atoms with van der Waals surface area (Å²) in [5.74, 6) is -2.18. The van der Waals surface area contributed by atoms with E-state index in [-0.39, 0.29) is 49.0 Å². The fourth-order valence-corrected chi connectivity index (χ4v) is 3.35. The van der Waals surface area contributed by atoms with Gasteiger partial charge in [-0.3, -0.25) is 33.7 Å². The lowest BCUT2D eigenvalue weighted by Crippen LogP contribution is -2.39. The van der Waals surface area contributed by atoms with Crippen LogP contribution >= 0.6 is 0 Å². The maximum atomic E-state index is 12.6. The van der Waals surface area contributed by atoms with Crippen LogP contribution < -0.4 is 16.0 Å². The minimum atomic E-state index is -0.583. The number of unbranched alkanes of at least 4 members (excludes halogenated alkanes) is 2. The van der Waals surface area contributed by atoms with Gasteiger partial charge in [0.2, 0.25) is 24.1 Å². The third-order valence-electron chi connectivity index (χ3n) is 5.83. The summed E-state index contributed by atoms with van der Waals surface area (Å²) in [5.41, 5.74) is 1.93. The number of allylic oxidation sites excluding steroid dienone is 1. The Kier molecular flexibility index (Phi) is 14.8. The van der Waals surface area contributed by atoms with Crippen LogP contribution in [0.15, 0.2) is 35.5 Å². The maximum absolute atomic E-state index is 12.6. The van der Waals surface area contributed by atoms with Gasteiger partial charge in [-0.15, -0.1) is 0 Å². The average Bonchev–Trinajstić information content (AvgIpc) is 2.90. The average molecular weight is 545 g/mol. The second-order valence-corrected chi connectivity index (χ2v) is 9.39. The Morgan fingerprint density at radius 1 is 0.974 bits per heavy atom. The van der Waals surface area contributed by atoms with Gasteiger partial charge in [-0.1, -0.05) is 32.4 Å². The summed E-state index contributed by atoms with van der Waals surface area (Å²) in [7, 11) is 0. The summed E-state index contributed by atoms with van der Waals surface area (Å²) in [6, 6.07) is 6.72. The Morgan fingerprint density at radius 3 is 2.21 bits per heavy atom. The summed E-state index contributed by atoms with van der Waals surface area (Å²) in [6.45, 7) is 8.47. The van der Waals surface area contributed by atoms with Gasteiger partial charge in [0.15, 0.2) is 0 Å². The molecule has 5 amide bonds. The Balaban J connectivity index is 2.44. The number of benzene rings is 1. The predicted molar refractivity (Wildman–Crippen MR) is 146 cm³/mol. The molecule has 0 heterocycles. The van der Waals surface area contributed by atoms with E-state index in [1.54, 1.807) is 45.0 Å². The molecule has 1 aromatic rings. The van der Waals surface area contributed by atoms with E-state index >= 15 is 0 Å². The number of carbonyl (C=O) groups excluding carboxylic acids is 6. The number of hydrogen-bond donors (Lipinski definition) is 3. The Labute approximate surface area is 229 Å². The lowest BCUT2D eigenvalue weighted by molar-refractivity contribution is -0.142. The van der Waals surface area contributed by atoms with Gasteiger partial charge in [-0.25, -0.2) is 0 Å². The monoisotopic (exact) mass is 544 g/mol.